The second-order valence-electron chi connectivity index (χ2n) is 8.92. The Morgan fingerprint density at radius 3 is 2.58 bits per heavy atom. The summed E-state index contributed by atoms with van der Waals surface area (Å²) < 4.78 is 1.93. The molecule has 5 heteroatoms. The van der Waals surface area contributed by atoms with Crippen molar-refractivity contribution in [2.45, 2.75) is 51.5 Å². The van der Waals surface area contributed by atoms with E-state index in [1.165, 1.54) is 44.1 Å². The second kappa shape index (κ2) is 6.52. The van der Waals surface area contributed by atoms with E-state index in [1.54, 1.807) is 11.3 Å². The first-order chi connectivity index (χ1) is 12.7. The Morgan fingerprint density at radius 2 is 1.92 bits per heavy atom. The third-order valence-corrected chi connectivity index (χ3v) is 7.50. The van der Waals surface area contributed by atoms with E-state index in [2.05, 4.69) is 27.2 Å². The number of carbonyl (C=O) groups excluding carboxylic acids is 1. The monoisotopic (exact) mass is 369 g/mol. The molecule has 0 aromatic carbocycles. The summed E-state index contributed by atoms with van der Waals surface area (Å²) in [7, 11) is 0. The summed E-state index contributed by atoms with van der Waals surface area (Å²) >= 11 is 1.69. The van der Waals surface area contributed by atoms with Gasteiger partial charge in [-0.1, -0.05) is 0 Å². The molecule has 26 heavy (non-hydrogen) atoms. The van der Waals surface area contributed by atoms with Gasteiger partial charge in [0.25, 0.3) is 0 Å². The van der Waals surface area contributed by atoms with Crippen LogP contribution in [0.2, 0.25) is 0 Å². The molecule has 4 nitrogen and oxygen atoms in total. The van der Waals surface area contributed by atoms with Crippen LogP contribution in [0.5, 0.6) is 0 Å². The van der Waals surface area contributed by atoms with Crippen LogP contribution < -0.4 is 5.32 Å². The molecule has 4 fully saturated rings. The van der Waals surface area contributed by atoms with Crippen molar-refractivity contribution >= 4 is 17.2 Å². The summed E-state index contributed by atoms with van der Waals surface area (Å²) in [6.07, 6.45) is 11.0. The number of rotatable bonds is 6. The molecule has 0 atom stereocenters. The molecular formula is C21H27N3OS. The van der Waals surface area contributed by atoms with Gasteiger partial charge in [-0.15, -0.1) is 0 Å². The Bertz CT molecular complexity index is 744. The maximum atomic E-state index is 12.6. The van der Waals surface area contributed by atoms with Gasteiger partial charge in [0.2, 0.25) is 5.91 Å². The largest absolute Gasteiger partial charge is 0.354 e. The van der Waals surface area contributed by atoms with E-state index in [0.29, 0.717) is 12.0 Å². The third kappa shape index (κ3) is 3.22. The van der Waals surface area contributed by atoms with Crippen molar-refractivity contribution in [3.8, 4) is 11.3 Å². The Kier molecular flexibility index (Phi) is 4.15. The van der Waals surface area contributed by atoms with E-state index in [-0.39, 0.29) is 5.91 Å². The van der Waals surface area contributed by atoms with Crippen LogP contribution in [0.25, 0.3) is 11.3 Å². The van der Waals surface area contributed by atoms with Crippen molar-refractivity contribution in [3.05, 3.63) is 29.1 Å². The Morgan fingerprint density at radius 1 is 1.19 bits per heavy atom. The summed E-state index contributed by atoms with van der Waals surface area (Å²) in [5.74, 6) is 2.98. The number of amides is 1. The lowest BCUT2D eigenvalue weighted by Crippen LogP contribution is -2.48. The number of nitrogens with zero attached hydrogens (tertiary/aromatic N) is 2. The molecule has 4 aliphatic carbocycles. The molecule has 0 radical (unpaired) electrons. The van der Waals surface area contributed by atoms with E-state index >= 15 is 0 Å². The lowest BCUT2D eigenvalue weighted by atomic mass is 9.49. The van der Waals surface area contributed by atoms with E-state index in [1.807, 2.05) is 16.9 Å². The molecular weight excluding hydrogens is 342 g/mol. The molecule has 0 spiro atoms. The Labute approximate surface area is 159 Å². The summed E-state index contributed by atoms with van der Waals surface area (Å²) in [6.45, 7) is 1.40. The summed E-state index contributed by atoms with van der Waals surface area (Å²) in [5, 5.41) is 11.9. The van der Waals surface area contributed by atoms with Gasteiger partial charge in [0, 0.05) is 30.1 Å². The lowest BCUT2D eigenvalue weighted by Gasteiger charge is -2.56. The maximum Gasteiger partial charge on any atom is 0.220 e. The molecule has 0 unspecified atom stereocenters. The first-order valence-corrected chi connectivity index (χ1v) is 10.9. The minimum absolute atomic E-state index is 0.247. The van der Waals surface area contributed by atoms with Crippen molar-refractivity contribution in [1.29, 1.82) is 0 Å². The van der Waals surface area contributed by atoms with Crippen molar-refractivity contribution in [2.24, 2.45) is 23.2 Å². The van der Waals surface area contributed by atoms with Gasteiger partial charge in [0.15, 0.2) is 0 Å². The number of thiophene rings is 1. The van der Waals surface area contributed by atoms with Crippen LogP contribution in [-0.4, -0.2) is 22.2 Å². The molecule has 138 valence electrons. The van der Waals surface area contributed by atoms with Crippen LogP contribution in [0, 0.1) is 23.2 Å². The first kappa shape index (κ1) is 16.5. The van der Waals surface area contributed by atoms with E-state index in [9.17, 15) is 4.79 Å². The summed E-state index contributed by atoms with van der Waals surface area (Å²) in [5.41, 5.74) is 2.50. The molecule has 2 aromatic rings. The highest BCUT2D eigenvalue weighted by Crippen LogP contribution is 2.61. The van der Waals surface area contributed by atoms with Gasteiger partial charge in [-0.05, 0) is 79.2 Å². The highest BCUT2D eigenvalue weighted by molar-refractivity contribution is 7.08. The molecule has 0 saturated heterocycles. The Hall–Kier alpha value is -1.62. The standard InChI is InChI=1S/C21H27N3OS/c25-20(13-21-10-15-7-16(11-21)9-17(8-15)12-21)22-3-5-24-4-1-19(23-24)18-2-6-26-14-18/h1-2,4,6,14-17H,3,5,7-13H2,(H,22,25). The van der Waals surface area contributed by atoms with Gasteiger partial charge in [-0.3, -0.25) is 9.48 Å². The average molecular weight is 370 g/mol. The summed E-state index contributed by atoms with van der Waals surface area (Å²) in [6, 6.07) is 4.13. The van der Waals surface area contributed by atoms with Crippen LogP contribution in [0.3, 0.4) is 0 Å². The number of carbonyl (C=O) groups is 1. The predicted molar refractivity (Wildman–Crippen MR) is 104 cm³/mol. The molecule has 4 saturated carbocycles. The molecule has 0 aliphatic heterocycles. The van der Waals surface area contributed by atoms with Crippen LogP contribution in [-0.2, 0) is 11.3 Å². The van der Waals surface area contributed by atoms with Crippen LogP contribution in [0.15, 0.2) is 29.1 Å². The fraction of sp³-hybridized carbons (Fsp3) is 0.619. The predicted octanol–water partition coefficient (Wildman–Crippen LogP) is 4.33. The van der Waals surface area contributed by atoms with Gasteiger partial charge in [-0.2, -0.15) is 16.4 Å². The molecule has 4 aliphatic rings. The zero-order chi connectivity index (χ0) is 17.6. The highest BCUT2D eigenvalue weighted by atomic mass is 32.1. The SMILES string of the molecule is O=C(CC12CC3CC(CC(C3)C1)C2)NCCn1ccc(-c2ccsc2)n1. The molecule has 1 amide bonds. The van der Waals surface area contributed by atoms with Gasteiger partial charge >= 0.3 is 0 Å². The van der Waals surface area contributed by atoms with Crippen molar-refractivity contribution in [2.75, 3.05) is 6.54 Å². The van der Waals surface area contributed by atoms with Gasteiger partial charge < -0.3 is 5.32 Å². The normalized spacial score (nSPS) is 32.1. The topological polar surface area (TPSA) is 46.9 Å². The van der Waals surface area contributed by atoms with Crippen LogP contribution in [0.4, 0.5) is 0 Å². The minimum atomic E-state index is 0.247. The maximum absolute atomic E-state index is 12.6. The first-order valence-electron chi connectivity index (χ1n) is 10.0. The zero-order valence-electron chi connectivity index (χ0n) is 15.2. The molecule has 1 N–H and O–H groups in total. The van der Waals surface area contributed by atoms with Gasteiger partial charge in [0.1, 0.15) is 0 Å². The molecule has 2 heterocycles. The van der Waals surface area contributed by atoms with Crippen LogP contribution in [0.1, 0.15) is 44.9 Å². The third-order valence-electron chi connectivity index (χ3n) is 6.82. The van der Waals surface area contributed by atoms with Gasteiger partial charge in [-0.25, -0.2) is 0 Å². The zero-order valence-corrected chi connectivity index (χ0v) is 16.0. The number of aromatic nitrogens is 2. The summed E-state index contributed by atoms with van der Waals surface area (Å²) in [4.78, 5) is 12.6. The van der Waals surface area contributed by atoms with E-state index < -0.39 is 0 Å². The average Bonchev–Trinajstić information content (AvgIpc) is 3.24. The fourth-order valence-electron chi connectivity index (χ4n) is 6.27. The molecule has 2 aromatic heterocycles. The highest BCUT2D eigenvalue weighted by Gasteiger charge is 2.51. The lowest BCUT2D eigenvalue weighted by molar-refractivity contribution is -0.129. The smallest absolute Gasteiger partial charge is 0.220 e. The van der Waals surface area contributed by atoms with Crippen molar-refractivity contribution in [1.82, 2.24) is 15.1 Å². The second-order valence-corrected chi connectivity index (χ2v) is 9.70. The van der Waals surface area contributed by atoms with Gasteiger partial charge in [0.05, 0.1) is 12.2 Å². The van der Waals surface area contributed by atoms with E-state index in [4.69, 9.17) is 0 Å². The Balaban J connectivity index is 1.13. The number of hydrogen-bond donors (Lipinski definition) is 1. The van der Waals surface area contributed by atoms with Crippen molar-refractivity contribution in [3.63, 3.8) is 0 Å². The quantitative estimate of drug-likeness (QED) is 0.823. The van der Waals surface area contributed by atoms with Crippen molar-refractivity contribution < 1.29 is 4.79 Å². The fourth-order valence-corrected chi connectivity index (χ4v) is 6.92. The molecule has 6 rings (SSSR count). The number of hydrogen-bond acceptors (Lipinski definition) is 3. The van der Waals surface area contributed by atoms with E-state index in [0.717, 1.165) is 36.4 Å². The minimum Gasteiger partial charge on any atom is -0.354 e. The van der Waals surface area contributed by atoms with Crippen LogP contribution >= 0.6 is 11.3 Å². The number of nitrogens with one attached hydrogen (secondary N) is 1. The molecule has 4 bridgehead atoms.